The molecule has 0 bridgehead atoms. The molecule has 2 heterocycles. The highest BCUT2D eigenvalue weighted by Gasteiger charge is 2.25. The van der Waals surface area contributed by atoms with Gasteiger partial charge in [0.25, 0.3) is 0 Å². The van der Waals surface area contributed by atoms with Gasteiger partial charge in [-0.1, -0.05) is 18.1 Å². The molecule has 1 aromatic carbocycles. The van der Waals surface area contributed by atoms with Gasteiger partial charge in [-0.25, -0.2) is 9.97 Å². The number of nitrogens with one attached hydrogen (secondary N) is 1. The molecule has 146 valence electrons. The molecule has 3 rings (SSSR count). The van der Waals surface area contributed by atoms with Crippen LogP contribution in [0.4, 0.5) is 11.6 Å². The summed E-state index contributed by atoms with van der Waals surface area (Å²) < 4.78 is 0. The lowest BCUT2D eigenvalue weighted by molar-refractivity contribution is 0.252. The van der Waals surface area contributed by atoms with E-state index in [1.54, 1.807) is 0 Å². The van der Waals surface area contributed by atoms with E-state index in [-0.39, 0.29) is 5.71 Å². The number of likely N-dealkylation sites (tertiary alicyclic amines) is 1. The van der Waals surface area contributed by atoms with Gasteiger partial charge < -0.3 is 15.5 Å². The minimum atomic E-state index is 0.147. The van der Waals surface area contributed by atoms with Gasteiger partial charge in [-0.3, -0.25) is 5.41 Å². The summed E-state index contributed by atoms with van der Waals surface area (Å²) >= 11 is 0. The van der Waals surface area contributed by atoms with Crippen LogP contribution >= 0.6 is 0 Å². The summed E-state index contributed by atoms with van der Waals surface area (Å²) in [6.07, 6.45) is 3.57. The summed E-state index contributed by atoms with van der Waals surface area (Å²) in [5, 5.41) is 8.56. The van der Waals surface area contributed by atoms with Crippen LogP contribution in [0.15, 0.2) is 24.5 Å². The molecule has 0 unspecified atom stereocenters. The van der Waals surface area contributed by atoms with Crippen molar-refractivity contribution >= 4 is 17.3 Å². The fraction of sp³-hybridized carbons (Fsp3) is 0.409. The molecule has 0 spiro atoms. The van der Waals surface area contributed by atoms with Gasteiger partial charge in [-0.2, -0.15) is 0 Å². The Kier molecular flexibility index (Phi) is 5.96. The van der Waals surface area contributed by atoms with E-state index in [0.717, 1.165) is 42.6 Å². The second-order valence-corrected chi connectivity index (χ2v) is 7.55. The van der Waals surface area contributed by atoms with Gasteiger partial charge in [0.2, 0.25) is 0 Å². The van der Waals surface area contributed by atoms with E-state index < -0.39 is 0 Å². The van der Waals surface area contributed by atoms with Crippen molar-refractivity contribution in [2.24, 2.45) is 0 Å². The Morgan fingerprint density at radius 1 is 1.25 bits per heavy atom. The molecule has 0 saturated carbocycles. The highest BCUT2D eigenvalue weighted by molar-refractivity contribution is 6.16. The summed E-state index contributed by atoms with van der Waals surface area (Å²) in [6.45, 7) is 6.16. The smallest absolute Gasteiger partial charge is 0.144 e. The first-order valence-corrected chi connectivity index (χ1v) is 9.57. The van der Waals surface area contributed by atoms with Crippen molar-refractivity contribution in [3.05, 3.63) is 46.8 Å². The van der Waals surface area contributed by atoms with E-state index in [1.807, 2.05) is 33.0 Å². The second kappa shape index (κ2) is 8.41. The van der Waals surface area contributed by atoms with Crippen molar-refractivity contribution in [2.45, 2.75) is 32.7 Å². The lowest BCUT2D eigenvalue weighted by atomic mass is 10.0. The maximum absolute atomic E-state index is 8.56. The van der Waals surface area contributed by atoms with Crippen LogP contribution in [-0.4, -0.2) is 53.8 Å². The Labute approximate surface area is 167 Å². The van der Waals surface area contributed by atoms with Crippen LogP contribution in [0.1, 0.15) is 35.1 Å². The van der Waals surface area contributed by atoms with Crippen molar-refractivity contribution in [3.63, 3.8) is 0 Å². The van der Waals surface area contributed by atoms with Gasteiger partial charge in [0, 0.05) is 18.7 Å². The Hall–Kier alpha value is -2.91. The number of aromatic nitrogens is 2. The normalized spacial score (nSPS) is 15.0. The lowest BCUT2D eigenvalue weighted by Crippen LogP contribution is -2.42. The average Bonchev–Trinajstić information content (AvgIpc) is 2.68. The molecule has 1 aliphatic rings. The Bertz CT molecular complexity index is 932. The third kappa shape index (κ3) is 4.32. The van der Waals surface area contributed by atoms with Crippen LogP contribution in [0.5, 0.6) is 0 Å². The summed E-state index contributed by atoms with van der Waals surface area (Å²) in [5.74, 6) is 7.07. The molecule has 0 aliphatic carbocycles. The van der Waals surface area contributed by atoms with Gasteiger partial charge in [-0.05, 0) is 69.9 Å². The van der Waals surface area contributed by atoms with Gasteiger partial charge in [-0.15, -0.1) is 0 Å². The van der Waals surface area contributed by atoms with E-state index in [4.69, 9.17) is 11.1 Å². The van der Waals surface area contributed by atoms with Crippen LogP contribution < -0.4 is 10.6 Å². The van der Waals surface area contributed by atoms with Gasteiger partial charge in [0.1, 0.15) is 23.7 Å². The molecular weight excluding hydrogens is 348 g/mol. The molecule has 0 atom stereocenters. The first-order valence-electron chi connectivity index (χ1n) is 9.57. The number of hydrogen-bond acceptors (Lipinski definition) is 6. The first-order chi connectivity index (χ1) is 13.4. The number of nitrogens with zero attached hydrogens (tertiary/aromatic N) is 4. The molecule has 1 fully saturated rings. The predicted molar refractivity (Wildman–Crippen MR) is 115 cm³/mol. The predicted octanol–water partition coefficient (Wildman–Crippen LogP) is 2.63. The Morgan fingerprint density at radius 2 is 1.96 bits per heavy atom. The first kappa shape index (κ1) is 19.8. The Balaban J connectivity index is 1.91. The fourth-order valence-electron chi connectivity index (χ4n) is 3.51. The standard InChI is InChI=1S/C22H28N6/c1-15-5-6-16(2)17(13-15)7-8-19(23)20-21(24)25-14-26-22(20)28(4)18-9-11-27(3)12-10-18/h5-6,13-14,18,23H,9-12H2,1-4H3,(H2,24,25,26). The van der Waals surface area contributed by atoms with E-state index in [0.29, 0.717) is 23.2 Å². The van der Waals surface area contributed by atoms with Crippen LogP contribution in [-0.2, 0) is 0 Å². The zero-order valence-corrected chi connectivity index (χ0v) is 17.1. The summed E-state index contributed by atoms with van der Waals surface area (Å²) in [4.78, 5) is 13.0. The van der Waals surface area contributed by atoms with Crippen molar-refractivity contribution < 1.29 is 0 Å². The van der Waals surface area contributed by atoms with Gasteiger partial charge in [0.15, 0.2) is 0 Å². The number of piperidine rings is 1. The zero-order valence-electron chi connectivity index (χ0n) is 17.1. The van der Waals surface area contributed by atoms with Gasteiger partial charge in [0.05, 0.1) is 5.56 Å². The van der Waals surface area contributed by atoms with Crippen LogP contribution in [0.2, 0.25) is 0 Å². The molecule has 6 nitrogen and oxygen atoms in total. The van der Waals surface area contributed by atoms with Crippen molar-refractivity contribution in [2.75, 3.05) is 37.8 Å². The summed E-state index contributed by atoms with van der Waals surface area (Å²) in [5.41, 5.74) is 9.96. The van der Waals surface area contributed by atoms with E-state index in [2.05, 4.69) is 44.7 Å². The van der Waals surface area contributed by atoms with Crippen LogP contribution in [0.25, 0.3) is 0 Å². The number of rotatable bonds is 3. The zero-order chi connectivity index (χ0) is 20.3. The van der Waals surface area contributed by atoms with Gasteiger partial charge >= 0.3 is 0 Å². The maximum Gasteiger partial charge on any atom is 0.144 e. The number of aryl methyl sites for hydroxylation is 2. The number of hydrogen-bond donors (Lipinski definition) is 2. The molecule has 1 saturated heterocycles. The lowest BCUT2D eigenvalue weighted by Gasteiger charge is -2.36. The van der Waals surface area contributed by atoms with Crippen LogP contribution in [0, 0.1) is 31.1 Å². The summed E-state index contributed by atoms with van der Waals surface area (Å²) in [6, 6.07) is 6.50. The highest BCUT2D eigenvalue weighted by Crippen LogP contribution is 2.26. The van der Waals surface area contributed by atoms with E-state index in [9.17, 15) is 0 Å². The third-order valence-electron chi connectivity index (χ3n) is 5.39. The number of benzene rings is 1. The Morgan fingerprint density at radius 3 is 2.68 bits per heavy atom. The summed E-state index contributed by atoms with van der Waals surface area (Å²) in [7, 11) is 4.16. The van der Waals surface area contributed by atoms with Crippen molar-refractivity contribution in [1.82, 2.24) is 14.9 Å². The molecule has 6 heteroatoms. The molecular formula is C22H28N6. The maximum atomic E-state index is 8.56. The third-order valence-corrected chi connectivity index (χ3v) is 5.39. The molecule has 0 radical (unpaired) electrons. The molecule has 2 aromatic rings. The van der Waals surface area contributed by atoms with Crippen molar-refractivity contribution in [1.29, 1.82) is 5.41 Å². The minimum absolute atomic E-state index is 0.147. The second-order valence-electron chi connectivity index (χ2n) is 7.55. The topological polar surface area (TPSA) is 82.1 Å². The molecule has 1 aromatic heterocycles. The molecule has 3 N–H and O–H groups in total. The number of nitrogen functional groups attached to an aromatic ring is 1. The molecule has 0 amide bonds. The van der Waals surface area contributed by atoms with E-state index in [1.165, 1.54) is 6.33 Å². The largest absolute Gasteiger partial charge is 0.383 e. The number of nitrogens with two attached hydrogens (primary N) is 1. The van der Waals surface area contributed by atoms with Crippen LogP contribution in [0.3, 0.4) is 0 Å². The average molecular weight is 377 g/mol. The van der Waals surface area contributed by atoms with E-state index >= 15 is 0 Å². The highest BCUT2D eigenvalue weighted by atomic mass is 15.2. The molecule has 28 heavy (non-hydrogen) atoms. The monoisotopic (exact) mass is 376 g/mol. The SMILES string of the molecule is Cc1ccc(C)c(C#CC(=N)c2c(N)ncnc2N(C)C2CCN(C)CC2)c1. The number of anilines is 2. The fourth-order valence-corrected chi connectivity index (χ4v) is 3.51. The quantitative estimate of drug-likeness (QED) is 0.636. The van der Waals surface area contributed by atoms with Crippen molar-refractivity contribution in [3.8, 4) is 11.8 Å². The minimum Gasteiger partial charge on any atom is -0.383 e. The molecule has 1 aliphatic heterocycles.